The molecule has 0 heterocycles. The summed E-state index contributed by atoms with van der Waals surface area (Å²) in [5, 5.41) is 12.1. The molecule has 1 aliphatic rings. The lowest BCUT2D eigenvalue weighted by Gasteiger charge is -2.26. The summed E-state index contributed by atoms with van der Waals surface area (Å²) in [6, 6.07) is 14.9. The summed E-state index contributed by atoms with van der Waals surface area (Å²) >= 11 is 0. The van der Waals surface area contributed by atoms with Crippen molar-refractivity contribution >= 4 is 18.0 Å². The Morgan fingerprint density at radius 3 is 2.12 bits per heavy atom. The standard InChI is InChI=1S/C26H32N2O5/c1-4-10-17(15-24(29)28(3)23(5-2)25(30)31)27-26(32)33-16-22-20-13-8-6-11-18(20)19-12-7-9-14-21(19)22/h6-9,11-14,17,22-23H,4-5,10,15-16H2,1-3H3,(H,27,32)(H,30,31). The summed E-state index contributed by atoms with van der Waals surface area (Å²) < 4.78 is 5.60. The Morgan fingerprint density at radius 2 is 1.61 bits per heavy atom. The lowest BCUT2D eigenvalue weighted by molar-refractivity contribution is -0.149. The first kappa shape index (κ1) is 24.3. The van der Waals surface area contributed by atoms with Crippen molar-refractivity contribution in [2.75, 3.05) is 13.7 Å². The van der Waals surface area contributed by atoms with Gasteiger partial charge < -0.3 is 20.1 Å². The number of hydrogen-bond acceptors (Lipinski definition) is 4. The van der Waals surface area contributed by atoms with Gasteiger partial charge in [0.15, 0.2) is 0 Å². The van der Waals surface area contributed by atoms with E-state index < -0.39 is 24.1 Å². The van der Waals surface area contributed by atoms with Gasteiger partial charge in [-0.25, -0.2) is 9.59 Å². The van der Waals surface area contributed by atoms with E-state index in [1.165, 1.54) is 11.9 Å². The van der Waals surface area contributed by atoms with Crippen LogP contribution in [0.3, 0.4) is 0 Å². The number of nitrogens with zero attached hydrogens (tertiary/aromatic N) is 1. The minimum atomic E-state index is -1.04. The fraction of sp³-hybridized carbons (Fsp3) is 0.423. The molecule has 2 unspecified atom stereocenters. The summed E-state index contributed by atoms with van der Waals surface area (Å²) in [6.45, 7) is 3.89. The number of carboxylic acids is 1. The zero-order valence-electron chi connectivity index (χ0n) is 19.4. The zero-order chi connectivity index (χ0) is 24.0. The van der Waals surface area contributed by atoms with Crippen molar-refractivity contribution in [3.05, 3.63) is 59.7 Å². The van der Waals surface area contributed by atoms with Crippen LogP contribution in [0.1, 0.15) is 56.6 Å². The van der Waals surface area contributed by atoms with Crippen LogP contribution in [-0.2, 0) is 14.3 Å². The van der Waals surface area contributed by atoms with E-state index in [1.807, 2.05) is 31.2 Å². The predicted molar refractivity (Wildman–Crippen MR) is 126 cm³/mol. The Labute approximate surface area is 194 Å². The fourth-order valence-corrected chi connectivity index (χ4v) is 4.52. The van der Waals surface area contributed by atoms with E-state index in [2.05, 4.69) is 29.6 Å². The van der Waals surface area contributed by atoms with Gasteiger partial charge in [-0.3, -0.25) is 4.79 Å². The fourth-order valence-electron chi connectivity index (χ4n) is 4.52. The van der Waals surface area contributed by atoms with Gasteiger partial charge in [-0.1, -0.05) is 68.8 Å². The second-order valence-corrected chi connectivity index (χ2v) is 8.43. The van der Waals surface area contributed by atoms with E-state index in [9.17, 15) is 19.5 Å². The van der Waals surface area contributed by atoms with Crippen LogP contribution in [0.15, 0.2) is 48.5 Å². The molecule has 0 aliphatic heterocycles. The number of hydrogen-bond donors (Lipinski definition) is 2. The highest BCUT2D eigenvalue weighted by molar-refractivity contribution is 5.84. The molecule has 2 aromatic carbocycles. The van der Waals surface area contributed by atoms with Gasteiger partial charge in [-0.2, -0.15) is 0 Å². The molecule has 0 fully saturated rings. The lowest BCUT2D eigenvalue weighted by atomic mass is 9.98. The average molecular weight is 453 g/mol. The van der Waals surface area contributed by atoms with E-state index in [0.717, 1.165) is 28.7 Å². The third-order valence-corrected chi connectivity index (χ3v) is 6.26. The topological polar surface area (TPSA) is 95.9 Å². The van der Waals surface area contributed by atoms with E-state index in [0.29, 0.717) is 12.8 Å². The minimum Gasteiger partial charge on any atom is -0.480 e. The maximum Gasteiger partial charge on any atom is 0.407 e. The second-order valence-electron chi connectivity index (χ2n) is 8.43. The number of carboxylic acid groups (broad SMARTS) is 1. The molecule has 2 amide bonds. The predicted octanol–water partition coefficient (Wildman–Crippen LogP) is 4.41. The van der Waals surface area contributed by atoms with E-state index in [1.54, 1.807) is 6.92 Å². The second kappa shape index (κ2) is 11.0. The molecule has 2 atom stereocenters. The van der Waals surface area contributed by atoms with Gasteiger partial charge in [-0.15, -0.1) is 0 Å². The molecule has 3 rings (SSSR count). The molecule has 176 valence electrons. The van der Waals surface area contributed by atoms with Crippen LogP contribution >= 0.6 is 0 Å². The summed E-state index contributed by atoms with van der Waals surface area (Å²) in [5.41, 5.74) is 4.58. The van der Waals surface area contributed by atoms with Gasteiger partial charge in [0.05, 0.1) is 0 Å². The Hall–Kier alpha value is -3.35. The zero-order valence-corrected chi connectivity index (χ0v) is 19.4. The van der Waals surface area contributed by atoms with Crippen molar-refractivity contribution in [2.24, 2.45) is 0 Å². The molecule has 2 aromatic rings. The molecule has 0 spiro atoms. The quantitative estimate of drug-likeness (QED) is 0.557. The number of likely N-dealkylation sites (N-methyl/N-ethyl adjacent to an activating group) is 1. The number of aliphatic carboxylic acids is 1. The summed E-state index contributed by atoms with van der Waals surface area (Å²) in [6.07, 6.45) is 1.12. The number of carbonyl (C=O) groups is 3. The van der Waals surface area contributed by atoms with Crippen LogP contribution in [0.2, 0.25) is 0 Å². The van der Waals surface area contributed by atoms with Crippen LogP contribution in [-0.4, -0.2) is 53.7 Å². The van der Waals surface area contributed by atoms with Crippen molar-refractivity contribution in [2.45, 2.75) is 57.5 Å². The first-order valence-corrected chi connectivity index (χ1v) is 11.5. The van der Waals surface area contributed by atoms with Gasteiger partial charge >= 0.3 is 12.1 Å². The lowest BCUT2D eigenvalue weighted by Crippen LogP contribution is -2.45. The number of amides is 2. The Bertz CT molecular complexity index is 960. The van der Waals surface area contributed by atoms with E-state index in [4.69, 9.17) is 4.74 Å². The summed E-state index contributed by atoms with van der Waals surface area (Å²) in [4.78, 5) is 37.8. The summed E-state index contributed by atoms with van der Waals surface area (Å²) in [5.74, 6) is -1.40. The smallest absolute Gasteiger partial charge is 0.407 e. The van der Waals surface area contributed by atoms with Gasteiger partial charge in [-0.05, 0) is 35.1 Å². The normalized spacial score (nSPS) is 14.0. The van der Waals surface area contributed by atoms with Crippen LogP contribution in [0.25, 0.3) is 11.1 Å². The van der Waals surface area contributed by atoms with Crippen LogP contribution < -0.4 is 5.32 Å². The highest BCUT2D eigenvalue weighted by Gasteiger charge is 2.30. The molecule has 0 saturated heterocycles. The maximum atomic E-state index is 12.6. The molecule has 7 nitrogen and oxygen atoms in total. The highest BCUT2D eigenvalue weighted by Crippen LogP contribution is 2.44. The molecular weight excluding hydrogens is 420 g/mol. The van der Waals surface area contributed by atoms with Crippen molar-refractivity contribution in [1.82, 2.24) is 10.2 Å². The Morgan fingerprint density at radius 1 is 1.03 bits per heavy atom. The number of alkyl carbamates (subject to hydrolysis) is 1. The molecular formula is C26H32N2O5. The third kappa shape index (κ3) is 5.53. The Balaban J connectivity index is 1.62. The van der Waals surface area contributed by atoms with Gasteiger partial charge in [0.25, 0.3) is 0 Å². The van der Waals surface area contributed by atoms with E-state index in [-0.39, 0.29) is 24.9 Å². The number of nitrogens with one attached hydrogen (secondary N) is 1. The SMILES string of the molecule is CCCC(CC(=O)N(C)C(CC)C(=O)O)NC(=O)OCC1c2ccccc2-c2ccccc21. The Kier molecular flexibility index (Phi) is 8.09. The van der Waals surface area contributed by atoms with Crippen molar-refractivity contribution in [3.63, 3.8) is 0 Å². The van der Waals surface area contributed by atoms with Gasteiger partial charge in [0.2, 0.25) is 5.91 Å². The average Bonchev–Trinajstić information content (AvgIpc) is 3.11. The molecule has 0 aromatic heterocycles. The monoisotopic (exact) mass is 452 g/mol. The minimum absolute atomic E-state index is 0.0261. The first-order chi connectivity index (χ1) is 15.9. The van der Waals surface area contributed by atoms with Crippen molar-refractivity contribution in [1.29, 1.82) is 0 Å². The number of fused-ring (bicyclic) bond motifs is 3. The summed E-state index contributed by atoms with van der Waals surface area (Å²) in [7, 11) is 1.49. The molecule has 1 aliphatic carbocycles. The van der Waals surface area contributed by atoms with Crippen LogP contribution in [0.5, 0.6) is 0 Å². The molecule has 0 saturated carbocycles. The van der Waals surface area contributed by atoms with E-state index >= 15 is 0 Å². The first-order valence-electron chi connectivity index (χ1n) is 11.5. The number of rotatable bonds is 10. The molecule has 33 heavy (non-hydrogen) atoms. The maximum absolute atomic E-state index is 12.6. The van der Waals surface area contributed by atoms with Gasteiger partial charge in [0.1, 0.15) is 12.6 Å². The number of benzene rings is 2. The number of carbonyl (C=O) groups excluding carboxylic acids is 2. The molecule has 0 radical (unpaired) electrons. The largest absolute Gasteiger partial charge is 0.480 e. The van der Waals surface area contributed by atoms with Crippen molar-refractivity contribution < 1.29 is 24.2 Å². The van der Waals surface area contributed by atoms with Crippen LogP contribution in [0, 0.1) is 0 Å². The number of ether oxygens (including phenoxy) is 1. The van der Waals surface area contributed by atoms with Gasteiger partial charge in [0, 0.05) is 25.4 Å². The molecule has 0 bridgehead atoms. The molecule has 2 N–H and O–H groups in total. The third-order valence-electron chi connectivity index (χ3n) is 6.26. The van der Waals surface area contributed by atoms with Crippen molar-refractivity contribution in [3.8, 4) is 11.1 Å². The highest BCUT2D eigenvalue weighted by atomic mass is 16.5. The molecule has 7 heteroatoms. The van der Waals surface area contributed by atoms with Crippen LogP contribution in [0.4, 0.5) is 4.79 Å².